The molecule has 1 aromatic heterocycles. The van der Waals surface area contributed by atoms with Gasteiger partial charge in [0, 0.05) is 19.2 Å². The molecule has 0 aliphatic carbocycles. The summed E-state index contributed by atoms with van der Waals surface area (Å²) in [5.74, 6) is 0. The van der Waals surface area contributed by atoms with E-state index in [2.05, 4.69) is 10.00 Å². The van der Waals surface area contributed by atoms with E-state index in [0.29, 0.717) is 0 Å². The first kappa shape index (κ1) is 9.71. The summed E-state index contributed by atoms with van der Waals surface area (Å²) >= 11 is 0. The van der Waals surface area contributed by atoms with E-state index in [9.17, 15) is 4.79 Å². The molecule has 78 valence electrons. The van der Waals surface area contributed by atoms with Gasteiger partial charge in [0.2, 0.25) is 0 Å². The molecule has 0 spiro atoms. The molecule has 15 heavy (non-hydrogen) atoms. The molecule has 1 aliphatic rings. The third kappa shape index (κ3) is 1.99. The lowest BCUT2D eigenvalue weighted by atomic mass is 10.4. The molecule has 2 heterocycles. The second-order valence-electron chi connectivity index (χ2n) is 3.56. The Morgan fingerprint density at radius 2 is 2.20 bits per heavy atom. The van der Waals surface area contributed by atoms with Crippen LogP contribution in [0.1, 0.15) is 12.8 Å². The Kier molecular flexibility index (Phi) is 2.68. The fourth-order valence-corrected chi connectivity index (χ4v) is 1.76. The summed E-state index contributed by atoms with van der Waals surface area (Å²) in [6, 6.07) is 3.45. The molecule has 0 N–H and O–H groups in total. The van der Waals surface area contributed by atoms with Gasteiger partial charge in [0.25, 0.3) is 5.56 Å². The normalized spacial score (nSPS) is 15.3. The molecule has 1 aromatic rings. The highest BCUT2D eigenvalue weighted by Crippen LogP contribution is 2.16. The molecule has 1 aliphatic heterocycles. The van der Waals surface area contributed by atoms with Crippen LogP contribution in [0.5, 0.6) is 0 Å². The zero-order valence-electron chi connectivity index (χ0n) is 8.39. The van der Waals surface area contributed by atoms with Crippen molar-refractivity contribution >= 4 is 5.69 Å². The molecule has 0 radical (unpaired) electrons. The van der Waals surface area contributed by atoms with E-state index in [1.165, 1.54) is 17.5 Å². The van der Waals surface area contributed by atoms with Crippen molar-refractivity contribution in [2.24, 2.45) is 0 Å². The van der Waals surface area contributed by atoms with E-state index in [1.807, 2.05) is 6.07 Å². The summed E-state index contributed by atoms with van der Waals surface area (Å²) in [6.07, 6.45) is 3.99. The molecule has 5 heteroatoms. The Hall–Kier alpha value is -1.83. The minimum atomic E-state index is -0.207. The molecular weight excluding hydrogens is 192 g/mol. The maximum atomic E-state index is 11.5. The van der Waals surface area contributed by atoms with Crippen LogP contribution in [0.25, 0.3) is 0 Å². The highest BCUT2D eigenvalue weighted by Gasteiger charge is 2.13. The molecule has 1 saturated heterocycles. The third-order valence-corrected chi connectivity index (χ3v) is 2.55. The number of nitriles is 1. The lowest BCUT2D eigenvalue weighted by Gasteiger charge is -2.16. The molecule has 0 amide bonds. The van der Waals surface area contributed by atoms with Crippen LogP contribution in [0.4, 0.5) is 5.69 Å². The fraction of sp³-hybridized carbons (Fsp3) is 0.500. The average molecular weight is 204 g/mol. The number of hydrogen-bond donors (Lipinski definition) is 0. The van der Waals surface area contributed by atoms with Crippen molar-refractivity contribution in [1.82, 2.24) is 9.78 Å². The summed E-state index contributed by atoms with van der Waals surface area (Å²) in [4.78, 5) is 13.7. The van der Waals surface area contributed by atoms with Crippen LogP contribution in [0, 0.1) is 11.3 Å². The first-order valence-corrected chi connectivity index (χ1v) is 5.00. The van der Waals surface area contributed by atoms with Gasteiger partial charge in [-0.15, -0.1) is 0 Å². The molecule has 0 unspecified atom stereocenters. The Balaban J connectivity index is 2.25. The summed E-state index contributed by atoms with van der Waals surface area (Å²) in [6.45, 7) is 1.99. The minimum Gasteiger partial charge on any atom is -0.370 e. The van der Waals surface area contributed by atoms with Crippen molar-refractivity contribution in [2.45, 2.75) is 19.4 Å². The van der Waals surface area contributed by atoms with Crippen LogP contribution in [0.2, 0.25) is 0 Å². The quantitative estimate of drug-likeness (QED) is 0.698. The monoisotopic (exact) mass is 204 g/mol. The van der Waals surface area contributed by atoms with Gasteiger partial charge in [-0.3, -0.25) is 4.79 Å². The van der Waals surface area contributed by atoms with E-state index in [0.717, 1.165) is 18.8 Å². The summed E-state index contributed by atoms with van der Waals surface area (Å²) in [5, 5.41) is 12.4. The van der Waals surface area contributed by atoms with E-state index in [4.69, 9.17) is 5.26 Å². The Morgan fingerprint density at radius 1 is 1.47 bits per heavy atom. The molecular formula is C10H12N4O. The van der Waals surface area contributed by atoms with Gasteiger partial charge in [0.1, 0.15) is 6.54 Å². The highest BCUT2D eigenvalue weighted by molar-refractivity contribution is 5.43. The first-order chi connectivity index (χ1) is 7.31. The predicted molar refractivity (Wildman–Crippen MR) is 55.6 cm³/mol. The van der Waals surface area contributed by atoms with Crippen molar-refractivity contribution in [3.63, 3.8) is 0 Å². The van der Waals surface area contributed by atoms with E-state index >= 15 is 0 Å². The first-order valence-electron chi connectivity index (χ1n) is 5.00. The lowest BCUT2D eigenvalue weighted by Crippen LogP contribution is -2.25. The molecule has 0 saturated carbocycles. The highest BCUT2D eigenvalue weighted by atomic mass is 16.1. The van der Waals surface area contributed by atoms with Gasteiger partial charge < -0.3 is 4.90 Å². The fourth-order valence-electron chi connectivity index (χ4n) is 1.76. The standard InChI is InChI=1S/C10H12N4O/c11-3-6-14-10(15)7-9(8-12-14)13-4-1-2-5-13/h7-8H,1-2,4-6H2. The van der Waals surface area contributed by atoms with E-state index in [-0.39, 0.29) is 12.1 Å². The molecule has 2 rings (SSSR count). The SMILES string of the molecule is N#CCn1ncc(N2CCCC2)cc1=O. The largest absolute Gasteiger partial charge is 0.370 e. The second-order valence-corrected chi connectivity index (χ2v) is 3.56. The lowest BCUT2D eigenvalue weighted by molar-refractivity contribution is 0.656. The number of hydrogen-bond acceptors (Lipinski definition) is 4. The van der Waals surface area contributed by atoms with Crippen LogP contribution in [0.15, 0.2) is 17.1 Å². The van der Waals surface area contributed by atoms with Gasteiger partial charge in [-0.25, -0.2) is 4.68 Å². The number of nitrogens with zero attached hydrogens (tertiary/aromatic N) is 4. The average Bonchev–Trinajstić information content (AvgIpc) is 2.74. The van der Waals surface area contributed by atoms with Crippen LogP contribution >= 0.6 is 0 Å². The number of rotatable bonds is 2. The minimum absolute atomic E-state index is 0.0130. The van der Waals surface area contributed by atoms with Gasteiger partial charge in [-0.1, -0.05) is 0 Å². The topological polar surface area (TPSA) is 61.9 Å². The summed E-state index contributed by atoms with van der Waals surface area (Å²) in [7, 11) is 0. The van der Waals surface area contributed by atoms with Gasteiger partial charge in [0.05, 0.1) is 18.0 Å². The summed E-state index contributed by atoms with van der Waals surface area (Å²) in [5.41, 5.74) is 0.660. The van der Waals surface area contributed by atoms with E-state index < -0.39 is 0 Å². The Labute approximate surface area is 87.5 Å². The van der Waals surface area contributed by atoms with Crippen LogP contribution in [-0.4, -0.2) is 22.9 Å². The van der Waals surface area contributed by atoms with Crippen molar-refractivity contribution in [2.75, 3.05) is 18.0 Å². The Morgan fingerprint density at radius 3 is 2.80 bits per heavy atom. The van der Waals surface area contributed by atoms with Crippen LogP contribution in [-0.2, 0) is 6.54 Å². The third-order valence-electron chi connectivity index (χ3n) is 2.55. The maximum absolute atomic E-state index is 11.5. The summed E-state index contributed by atoms with van der Waals surface area (Å²) < 4.78 is 1.17. The predicted octanol–water partition coefficient (Wildman–Crippen LogP) is 0.367. The second kappa shape index (κ2) is 4.13. The number of anilines is 1. The van der Waals surface area contributed by atoms with Gasteiger partial charge in [-0.05, 0) is 12.8 Å². The molecule has 1 fully saturated rings. The molecule has 0 bridgehead atoms. The van der Waals surface area contributed by atoms with Crippen LogP contribution in [0.3, 0.4) is 0 Å². The van der Waals surface area contributed by atoms with Crippen molar-refractivity contribution in [3.05, 3.63) is 22.6 Å². The van der Waals surface area contributed by atoms with Crippen molar-refractivity contribution < 1.29 is 0 Å². The van der Waals surface area contributed by atoms with Crippen molar-refractivity contribution in [3.8, 4) is 6.07 Å². The van der Waals surface area contributed by atoms with E-state index in [1.54, 1.807) is 12.3 Å². The molecule has 0 aromatic carbocycles. The smallest absolute Gasteiger partial charge is 0.269 e. The van der Waals surface area contributed by atoms with Gasteiger partial charge >= 0.3 is 0 Å². The zero-order chi connectivity index (χ0) is 10.7. The van der Waals surface area contributed by atoms with Gasteiger partial charge in [0.15, 0.2) is 0 Å². The van der Waals surface area contributed by atoms with Crippen LogP contribution < -0.4 is 10.5 Å². The molecule has 0 atom stereocenters. The number of aromatic nitrogens is 2. The van der Waals surface area contributed by atoms with Gasteiger partial charge in [-0.2, -0.15) is 10.4 Å². The van der Waals surface area contributed by atoms with Crippen molar-refractivity contribution in [1.29, 1.82) is 5.26 Å². The zero-order valence-corrected chi connectivity index (χ0v) is 8.39. The maximum Gasteiger partial charge on any atom is 0.269 e. The Bertz CT molecular complexity index is 439. The molecule has 5 nitrogen and oxygen atoms in total.